The Morgan fingerprint density at radius 2 is 1.82 bits per heavy atom. The van der Waals surface area contributed by atoms with Gasteiger partial charge in [-0.3, -0.25) is 4.90 Å². The van der Waals surface area contributed by atoms with E-state index < -0.39 is 5.60 Å². The van der Waals surface area contributed by atoms with Crippen LogP contribution in [0.1, 0.15) is 33.6 Å². The minimum Gasteiger partial charge on any atom is -0.486 e. The number of carbonyl (C=O) groups is 1. The molecule has 4 rings (SSSR count). The first-order valence-corrected chi connectivity index (χ1v) is 12.3. The van der Waals surface area contributed by atoms with E-state index in [1.165, 1.54) is 0 Å². The van der Waals surface area contributed by atoms with Crippen LogP contribution in [0.25, 0.3) is 0 Å². The Balaban J connectivity index is 1.44. The molecule has 0 bridgehead atoms. The Hall–Kier alpha value is -2.44. The lowest BCUT2D eigenvalue weighted by molar-refractivity contribution is 0.100. The predicted molar refractivity (Wildman–Crippen MR) is 136 cm³/mol. The second-order valence-electron chi connectivity index (χ2n) is 9.57. The van der Waals surface area contributed by atoms with Crippen molar-refractivity contribution in [1.29, 1.82) is 0 Å². The monoisotopic (exact) mass is 470 g/mol. The smallest absolute Gasteiger partial charge is 0.322 e. The van der Waals surface area contributed by atoms with E-state index in [0.717, 1.165) is 50.5 Å². The van der Waals surface area contributed by atoms with Crippen LogP contribution in [0.4, 0.5) is 16.2 Å². The second-order valence-corrected chi connectivity index (χ2v) is 9.98. The molecular formula is C26H35ClN4O2. The predicted octanol–water partition coefficient (Wildman–Crippen LogP) is 5.34. The summed E-state index contributed by atoms with van der Waals surface area (Å²) >= 11 is 6.59. The number of para-hydroxylation sites is 2. The van der Waals surface area contributed by atoms with Gasteiger partial charge in [0.05, 0.1) is 22.9 Å². The van der Waals surface area contributed by atoms with Gasteiger partial charge in [0, 0.05) is 45.2 Å². The van der Waals surface area contributed by atoms with Crippen molar-refractivity contribution in [2.75, 3.05) is 49.5 Å². The van der Waals surface area contributed by atoms with Crippen LogP contribution in [0, 0.1) is 0 Å². The highest BCUT2D eigenvalue weighted by molar-refractivity contribution is 6.34. The molecule has 2 aromatic carbocycles. The number of urea groups is 1. The summed E-state index contributed by atoms with van der Waals surface area (Å²) in [6.45, 7) is 11.7. The lowest BCUT2D eigenvalue weighted by Crippen LogP contribution is -2.40. The highest BCUT2D eigenvalue weighted by Crippen LogP contribution is 2.35. The van der Waals surface area contributed by atoms with Crippen molar-refractivity contribution >= 4 is 29.0 Å². The fraction of sp³-hybridized carbons (Fsp3) is 0.500. The van der Waals surface area contributed by atoms with E-state index in [1.807, 2.05) is 47.4 Å². The highest BCUT2D eigenvalue weighted by Gasteiger charge is 2.38. The minimum absolute atomic E-state index is 0.136. The molecule has 0 unspecified atom stereocenters. The average Bonchev–Trinajstić information content (AvgIpc) is 3.01. The molecule has 2 aliphatic heterocycles. The van der Waals surface area contributed by atoms with Crippen LogP contribution < -0.4 is 15.0 Å². The normalized spacial score (nSPS) is 21.8. The van der Waals surface area contributed by atoms with Crippen LogP contribution in [0.2, 0.25) is 5.02 Å². The van der Waals surface area contributed by atoms with Crippen LogP contribution in [0.3, 0.4) is 0 Å². The fourth-order valence-electron chi connectivity index (χ4n) is 4.74. The van der Waals surface area contributed by atoms with Crippen LogP contribution in [0.15, 0.2) is 48.5 Å². The van der Waals surface area contributed by atoms with Gasteiger partial charge in [-0.1, -0.05) is 35.9 Å². The molecule has 1 atom stereocenters. The lowest BCUT2D eigenvalue weighted by atomic mass is 10.1. The van der Waals surface area contributed by atoms with Gasteiger partial charge in [0.1, 0.15) is 11.4 Å². The Kier molecular flexibility index (Phi) is 7.35. The van der Waals surface area contributed by atoms with E-state index in [-0.39, 0.29) is 6.03 Å². The van der Waals surface area contributed by atoms with Gasteiger partial charge in [0.25, 0.3) is 0 Å². The van der Waals surface area contributed by atoms with E-state index in [2.05, 4.69) is 42.0 Å². The van der Waals surface area contributed by atoms with Gasteiger partial charge >= 0.3 is 6.03 Å². The molecule has 0 saturated carbocycles. The number of hydrogen-bond acceptors (Lipinski definition) is 4. The number of nitrogens with one attached hydrogen (secondary N) is 1. The van der Waals surface area contributed by atoms with Crippen LogP contribution in [0.5, 0.6) is 5.75 Å². The maximum Gasteiger partial charge on any atom is 0.322 e. The van der Waals surface area contributed by atoms with Crippen molar-refractivity contribution in [2.45, 2.75) is 45.3 Å². The number of likely N-dealkylation sites (tertiary alicyclic amines) is 1. The van der Waals surface area contributed by atoms with Gasteiger partial charge in [-0.2, -0.15) is 0 Å². The highest BCUT2D eigenvalue weighted by atomic mass is 35.5. The summed E-state index contributed by atoms with van der Waals surface area (Å²) in [7, 11) is 0. The van der Waals surface area contributed by atoms with Crippen LogP contribution >= 0.6 is 11.6 Å². The van der Waals surface area contributed by atoms with Crippen molar-refractivity contribution < 1.29 is 9.53 Å². The van der Waals surface area contributed by atoms with Gasteiger partial charge in [-0.25, -0.2) is 4.79 Å². The number of anilines is 2. The molecule has 7 heteroatoms. The van der Waals surface area contributed by atoms with Gasteiger partial charge in [-0.05, 0) is 51.5 Å². The largest absolute Gasteiger partial charge is 0.486 e. The summed E-state index contributed by atoms with van der Waals surface area (Å²) in [4.78, 5) is 19.9. The Morgan fingerprint density at radius 1 is 1.03 bits per heavy atom. The molecule has 33 heavy (non-hydrogen) atoms. The number of amides is 2. The van der Waals surface area contributed by atoms with Gasteiger partial charge in [0.15, 0.2) is 0 Å². The molecule has 178 valence electrons. The average molecular weight is 471 g/mol. The molecular weight excluding hydrogens is 436 g/mol. The van der Waals surface area contributed by atoms with E-state index in [1.54, 1.807) is 0 Å². The molecule has 0 spiro atoms. The second kappa shape index (κ2) is 10.2. The topological polar surface area (TPSA) is 48.0 Å². The van der Waals surface area contributed by atoms with E-state index in [0.29, 0.717) is 29.8 Å². The zero-order valence-electron chi connectivity index (χ0n) is 19.9. The molecule has 0 aromatic heterocycles. The van der Waals surface area contributed by atoms with E-state index >= 15 is 0 Å². The first kappa shape index (κ1) is 23.7. The van der Waals surface area contributed by atoms with Crippen LogP contribution in [-0.4, -0.2) is 66.7 Å². The quantitative estimate of drug-likeness (QED) is 0.641. The molecule has 2 heterocycles. The van der Waals surface area contributed by atoms with Crippen LogP contribution in [-0.2, 0) is 0 Å². The molecule has 6 nitrogen and oxygen atoms in total. The SMILES string of the molecule is CC(C)N1CCCN(c2cccc(Cl)c2NC(=O)N2CC[C@@](C)(Oc3ccccc3)C2)CC1. The maximum absolute atomic E-state index is 13.2. The molecule has 2 amide bonds. The summed E-state index contributed by atoms with van der Waals surface area (Å²) in [5, 5.41) is 3.68. The third kappa shape index (κ3) is 5.74. The maximum atomic E-state index is 13.2. The number of hydrogen-bond donors (Lipinski definition) is 1. The van der Waals surface area contributed by atoms with E-state index in [4.69, 9.17) is 16.3 Å². The number of nitrogens with zero attached hydrogens (tertiary/aromatic N) is 3. The van der Waals surface area contributed by atoms with Crippen molar-refractivity contribution in [2.24, 2.45) is 0 Å². The Labute approximate surface area is 202 Å². The van der Waals surface area contributed by atoms with Gasteiger partial charge in [0.2, 0.25) is 0 Å². The molecule has 2 aromatic rings. The molecule has 1 N–H and O–H groups in total. The number of halogens is 1. The summed E-state index contributed by atoms with van der Waals surface area (Å²) < 4.78 is 6.22. The Bertz CT molecular complexity index is 955. The molecule has 0 radical (unpaired) electrons. The number of carbonyl (C=O) groups excluding carboxylic acids is 1. The van der Waals surface area contributed by atoms with Crippen molar-refractivity contribution in [3.63, 3.8) is 0 Å². The van der Waals surface area contributed by atoms with Gasteiger partial charge in [-0.15, -0.1) is 0 Å². The molecule has 2 aliphatic rings. The molecule has 2 fully saturated rings. The summed E-state index contributed by atoms with van der Waals surface area (Å²) in [5.74, 6) is 0.826. The number of rotatable bonds is 5. The van der Waals surface area contributed by atoms with Crippen molar-refractivity contribution in [3.8, 4) is 5.75 Å². The standard InChI is InChI=1S/C26H35ClN4O2/c1-20(2)29-14-8-15-30(18-17-29)23-12-7-11-22(27)24(23)28-25(32)31-16-13-26(3,19-31)33-21-9-5-4-6-10-21/h4-7,9-12,20H,8,13-19H2,1-3H3,(H,28,32)/t26-/m1/s1. The van der Waals surface area contributed by atoms with Crippen molar-refractivity contribution in [3.05, 3.63) is 53.6 Å². The minimum atomic E-state index is -0.410. The van der Waals surface area contributed by atoms with Gasteiger partial charge < -0.3 is 19.9 Å². The third-order valence-electron chi connectivity index (χ3n) is 6.66. The first-order valence-electron chi connectivity index (χ1n) is 11.9. The first-order chi connectivity index (χ1) is 15.8. The Morgan fingerprint density at radius 3 is 2.58 bits per heavy atom. The number of ether oxygens (including phenoxy) is 1. The third-order valence-corrected chi connectivity index (χ3v) is 6.97. The molecule has 2 saturated heterocycles. The zero-order chi connectivity index (χ0) is 23.4. The summed E-state index contributed by atoms with van der Waals surface area (Å²) in [5.41, 5.74) is 1.27. The summed E-state index contributed by atoms with van der Waals surface area (Å²) in [6, 6.07) is 16.0. The lowest BCUT2D eigenvalue weighted by Gasteiger charge is -2.29. The number of benzene rings is 2. The molecule has 0 aliphatic carbocycles. The van der Waals surface area contributed by atoms with E-state index in [9.17, 15) is 4.79 Å². The fourth-order valence-corrected chi connectivity index (χ4v) is 4.96. The zero-order valence-corrected chi connectivity index (χ0v) is 20.6. The van der Waals surface area contributed by atoms with Crippen molar-refractivity contribution in [1.82, 2.24) is 9.80 Å². The summed E-state index contributed by atoms with van der Waals surface area (Å²) in [6.07, 6.45) is 1.86.